The van der Waals surface area contributed by atoms with E-state index in [4.69, 9.17) is 38.3 Å². The van der Waals surface area contributed by atoms with E-state index < -0.39 is 85.6 Å². The van der Waals surface area contributed by atoms with Crippen molar-refractivity contribution in [3.63, 3.8) is 0 Å². The molecule has 2 aliphatic rings. The van der Waals surface area contributed by atoms with E-state index in [0.717, 1.165) is 20.8 Å². The Kier molecular flexibility index (Phi) is 12.5. The van der Waals surface area contributed by atoms with Crippen LogP contribution in [-0.2, 0) is 47.6 Å². The van der Waals surface area contributed by atoms with Crippen LogP contribution >= 0.6 is 0 Å². The number of ether oxygens (including phenoxy) is 6. The molecule has 0 bridgehead atoms. The van der Waals surface area contributed by atoms with Gasteiger partial charge in [-0.15, -0.1) is 0 Å². The molecule has 202 valence electrons. The minimum atomic E-state index is -1.75. The predicted molar refractivity (Wildman–Crippen MR) is 109 cm³/mol. The molecule has 35 heavy (non-hydrogen) atoms. The van der Waals surface area contributed by atoms with E-state index in [1.165, 1.54) is 6.92 Å². The molecule has 15 heteroatoms. The molecular weight excluding hydrogens is 480 g/mol. The highest BCUT2D eigenvalue weighted by molar-refractivity contribution is 5.67. The summed E-state index contributed by atoms with van der Waals surface area (Å²) in [4.78, 5) is 43.4. The third-order valence-electron chi connectivity index (χ3n) is 4.74. The maximum atomic E-state index is 11.7. The summed E-state index contributed by atoms with van der Waals surface area (Å²) in [5.41, 5.74) is 0. The summed E-state index contributed by atoms with van der Waals surface area (Å²) >= 11 is 0. The number of carboxylic acid groups (broad SMARTS) is 1. The van der Waals surface area contributed by atoms with E-state index in [1.54, 1.807) is 0 Å². The lowest BCUT2D eigenvalue weighted by Crippen LogP contribution is -2.64. The van der Waals surface area contributed by atoms with Crippen LogP contribution in [0, 0.1) is 0 Å². The quantitative estimate of drug-likeness (QED) is 0.170. The van der Waals surface area contributed by atoms with Gasteiger partial charge in [-0.25, -0.2) is 0 Å². The Morgan fingerprint density at radius 1 is 0.829 bits per heavy atom. The molecule has 2 fully saturated rings. The van der Waals surface area contributed by atoms with Crippen molar-refractivity contribution >= 4 is 23.9 Å². The maximum absolute atomic E-state index is 11.7. The maximum Gasteiger partial charge on any atom is 0.303 e. The number of esters is 3. The number of carboxylic acids is 1. The standard InChI is InChI=1S/C18H28O13.C2H4O2/c1-7(20)26-5-11-16(17(29-9(3)22)12(6-27-11)28-8(2)21)31-18-15(25)14(24)13(23)10(4-19)30-18;1-2(3)4/h10-19,23-25H,4-6H2,1-3H3;1H3,(H,3,4)/t10-,11-,12+,13-,14+,15-,16-,17-,18+;/m1./s1. The Bertz CT molecular complexity index is 721. The van der Waals surface area contributed by atoms with Crippen LogP contribution in [0.2, 0.25) is 0 Å². The molecule has 0 radical (unpaired) electrons. The smallest absolute Gasteiger partial charge is 0.303 e. The van der Waals surface area contributed by atoms with E-state index in [1.807, 2.05) is 0 Å². The molecule has 0 saturated carbocycles. The Morgan fingerprint density at radius 3 is 1.89 bits per heavy atom. The summed E-state index contributed by atoms with van der Waals surface area (Å²) in [5.74, 6) is -2.88. The summed E-state index contributed by atoms with van der Waals surface area (Å²) in [5, 5.41) is 47.0. The summed E-state index contributed by atoms with van der Waals surface area (Å²) in [7, 11) is 0. The lowest BCUT2D eigenvalue weighted by molar-refractivity contribution is -0.337. The average Bonchev–Trinajstić information content (AvgIpc) is 2.74. The van der Waals surface area contributed by atoms with Gasteiger partial charge < -0.3 is 54.0 Å². The van der Waals surface area contributed by atoms with Crippen molar-refractivity contribution in [2.24, 2.45) is 0 Å². The van der Waals surface area contributed by atoms with Crippen LogP contribution in [0.3, 0.4) is 0 Å². The average molecular weight is 512 g/mol. The normalized spacial score (nSPS) is 34.6. The van der Waals surface area contributed by atoms with Gasteiger partial charge in [0.1, 0.15) is 43.2 Å². The number of aliphatic hydroxyl groups is 4. The fraction of sp³-hybridized carbons (Fsp3) is 0.800. The molecule has 2 saturated heterocycles. The number of hydrogen-bond donors (Lipinski definition) is 5. The monoisotopic (exact) mass is 512 g/mol. The Balaban J connectivity index is 0.00000142. The molecule has 0 spiro atoms. The van der Waals surface area contributed by atoms with Gasteiger partial charge in [0.15, 0.2) is 18.5 Å². The van der Waals surface area contributed by atoms with Crippen LogP contribution in [0.15, 0.2) is 0 Å². The van der Waals surface area contributed by atoms with Crippen molar-refractivity contribution in [3.05, 3.63) is 0 Å². The summed E-state index contributed by atoms with van der Waals surface area (Å²) in [6.45, 7) is 3.28. The first kappa shape index (κ1) is 30.6. The van der Waals surface area contributed by atoms with E-state index in [-0.39, 0.29) is 13.2 Å². The third kappa shape index (κ3) is 9.64. The van der Waals surface area contributed by atoms with Gasteiger partial charge in [-0.05, 0) is 0 Å². The molecule has 9 atom stereocenters. The molecular formula is C20H32O15. The van der Waals surface area contributed by atoms with E-state index in [0.29, 0.717) is 0 Å². The fourth-order valence-corrected chi connectivity index (χ4v) is 3.32. The third-order valence-corrected chi connectivity index (χ3v) is 4.74. The topological polar surface area (TPSA) is 225 Å². The van der Waals surface area contributed by atoms with Gasteiger partial charge in [0.05, 0.1) is 13.2 Å². The van der Waals surface area contributed by atoms with E-state index in [9.17, 15) is 34.8 Å². The molecule has 0 unspecified atom stereocenters. The van der Waals surface area contributed by atoms with Crippen LogP contribution in [0.5, 0.6) is 0 Å². The van der Waals surface area contributed by atoms with Crippen molar-refractivity contribution in [1.29, 1.82) is 0 Å². The zero-order chi connectivity index (χ0) is 26.9. The zero-order valence-electron chi connectivity index (χ0n) is 19.6. The first-order valence-corrected chi connectivity index (χ1v) is 10.5. The van der Waals surface area contributed by atoms with Crippen molar-refractivity contribution in [1.82, 2.24) is 0 Å². The Morgan fingerprint density at radius 2 is 1.40 bits per heavy atom. The molecule has 0 aromatic rings. The number of carbonyl (C=O) groups is 4. The van der Waals surface area contributed by atoms with Gasteiger partial charge in [-0.3, -0.25) is 19.2 Å². The number of hydrogen-bond acceptors (Lipinski definition) is 14. The first-order valence-electron chi connectivity index (χ1n) is 10.5. The van der Waals surface area contributed by atoms with Gasteiger partial charge in [0, 0.05) is 27.7 Å². The largest absolute Gasteiger partial charge is 0.481 e. The van der Waals surface area contributed by atoms with Crippen LogP contribution in [0.1, 0.15) is 27.7 Å². The summed E-state index contributed by atoms with van der Waals surface area (Å²) in [6.07, 6.45) is -12.6. The van der Waals surface area contributed by atoms with Gasteiger partial charge in [-0.1, -0.05) is 0 Å². The van der Waals surface area contributed by atoms with E-state index >= 15 is 0 Å². The van der Waals surface area contributed by atoms with E-state index in [2.05, 4.69) is 0 Å². The van der Waals surface area contributed by atoms with Crippen molar-refractivity contribution in [2.75, 3.05) is 19.8 Å². The Labute approximate surface area is 200 Å². The van der Waals surface area contributed by atoms with Crippen LogP contribution in [-0.4, -0.2) is 124 Å². The SMILES string of the molecule is CC(=O)O.CC(=O)OC[C@H]1OC[C@H](OC(C)=O)[C@@H](OC(C)=O)[C@@H]1O[C@@H]1O[C@H](CO)[C@@H](O)[C@H](O)[C@H]1O. The Hall–Kier alpha value is -2.40. The molecule has 2 rings (SSSR count). The highest BCUT2D eigenvalue weighted by atomic mass is 16.7. The molecule has 2 aliphatic heterocycles. The number of carbonyl (C=O) groups excluding carboxylic acids is 3. The molecule has 2 heterocycles. The van der Waals surface area contributed by atoms with Gasteiger partial charge in [-0.2, -0.15) is 0 Å². The van der Waals surface area contributed by atoms with Gasteiger partial charge in [0.2, 0.25) is 0 Å². The summed E-state index contributed by atoms with van der Waals surface area (Å²) < 4.78 is 32.0. The van der Waals surface area contributed by atoms with Crippen LogP contribution in [0.4, 0.5) is 0 Å². The molecule has 0 aromatic carbocycles. The molecule has 0 aromatic heterocycles. The minimum Gasteiger partial charge on any atom is -0.481 e. The zero-order valence-corrected chi connectivity index (χ0v) is 19.6. The molecule has 15 nitrogen and oxygen atoms in total. The molecule has 5 N–H and O–H groups in total. The van der Waals surface area contributed by atoms with Crippen molar-refractivity contribution in [2.45, 2.75) is 82.8 Å². The second kappa shape index (κ2) is 14.2. The number of aliphatic hydroxyl groups excluding tert-OH is 4. The minimum absolute atomic E-state index is 0.210. The van der Waals surface area contributed by atoms with Crippen molar-refractivity contribution < 1.29 is 73.1 Å². The highest BCUT2D eigenvalue weighted by Crippen LogP contribution is 2.29. The molecule has 0 aliphatic carbocycles. The van der Waals surface area contributed by atoms with Gasteiger partial charge in [0.25, 0.3) is 5.97 Å². The fourth-order valence-electron chi connectivity index (χ4n) is 3.32. The second-order valence-electron chi connectivity index (χ2n) is 7.71. The number of aliphatic carboxylic acids is 1. The van der Waals surface area contributed by atoms with Crippen LogP contribution in [0.25, 0.3) is 0 Å². The lowest BCUT2D eigenvalue weighted by atomic mass is 9.97. The van der Waals surface area contributed by atoms with Crippen LogP contribution < -0.4 is 0 Å². The van der Waals surface area contributed by atoms with Crippen molar-refractivity contribution in [3.8, 4) is 0 Å². The lowest BCUT2D eigenvalue weighted by Gasteiger charge is -2.45. The van der Waals surface area contributed by atoms with Gasteiger partial charge >= 0.3 is 17.9 Å². The summed E-state index contributed by atoms with van der Waals surface area (Å²) in [6, 6.07) is 0. The second-order valence-corrected chi connectivity index (χ2v) is 7.71. The molecule has 0 amide bonds. The number of rotatable bonds is 7. The first-order chi connectivity index (χ1) is 16.3. The highest BCUT2D eigenvalue weighted by Gasteiger charge is 2.51. The predicted octanol–water partition coefficient (Wildman–Crippen LogP) is -2.91.